The second-order valence-corrected chi connectivity index (χ2v) is 3.84. The van der Waals surface area contributed by atoms with Crippen LogP contribution in [-0.4, -0.2) is 14.6 Å². The van der Waals surface area contributed by atoms with Crippen molar-refractivity contribution in [3.63, 3.8) is 0 Å². The molecule has 2 heterocycles. The highest BCUT2D eigenvalue weighted by Gasteiger charge is 2.04. The third kappa shape index (κ3) is 2.01. The summed E-state index contributed by atoms with van der Waals surface area (Å²) < 4.78 is 14.7. The van der Waals surface area contributed by atoms with Crippen molar-refractivity contribution in [2.75, 3.05) is 0 Å². The molecule has 0 atom stereocenters. The van der Waals surface area contributed by atoms with Crippen molar-refractivity contribution in [3.8, 4) is 0 Å². The van der Waals surface area contributed by atoms with Gasteiger partial charge in [0.25, 0.3) is 0 Å². The van der Waals surface area contributed by atoms with Gasteiger partial charge in [0, 0.05) is 12.6 Å². The predicted molar refractivity (Wildman–Crippen MR) is 62.2 cm³/mol. The summed E-state index contributed by atoms with van der Waals surface area (Å²) in [6.45, 7) is 0. The van der Waals surface area contributed by atoms with Crippen LogP contribution in [0.3, 0.4) is 0 Å². The Kier molecular flexibility index (Phi) is 2.33. The molecule has 0 aliphatic carbocycles. The lowest BCUT2D eigenvalue weighted by atomic mass is 10.1. The lowest BCUT2D eigenvalue weighted by molar-refractivity contribution is 0.625. The monoisotopic (exact) mass is 227 g/mol. The van der Waals surface area contributed by atoms with Gasteiger partial charge < -0.3 is 0 Å². The molecule has 0 unspecified atom stereocenters. The van der Waals surface area contributed by atoms with Gasteiger partial charge in [-0.25, -0.2) is 13.9 Å². The predicted octanol–water partition coefficient (Wildman–Crippen LogP) is 2.46. The molecule has 2 aromatic heterocycles. The standard InChI is InChI=1S/C13H10FN3/c14-11-5-3-4-10(8-11)9-12-15-13-6-1-2-7-17(13)16-12/h1-8H,9H2. The normalized spacial score (nSPS) is 10.9. The lowest BCUT2D eigenvalue weighted by Crippen LogP contribution is -1.92. The van der Waals surface area contributed by atoms with Gasteiger partial charge in [-0.1, -0.05) is 18.2 Å². The van der Waals surface area contributed by atoms with Crippen molar-refractivity contribution in [2.45, 2.75) is 6.42 Å². The van der Waals surface area contributed by atoms with E-state index in [4.69, 9.17) is 0 Å². The minimum absolute atomic E-state index is 0.230. The number of aromatic nitrogens is 3. The first-order chi connectivity index (χ1) is 8.31. The molecule has 0 spiro atoms. The lowest BCUT2D eigenvalue weighted by Gasteiger charge is -1.96. The van der Waals surface area contributed by atoms with E-state index in [1.165, 1.54) is 12.1 Å². The van der Waals surface area contributed by atoms with Crippen LogP contribution in [0.25, 0.3) is 5.65 Å². The Morgan fingerprint density at radius 1 is 1.12 bits per heavy atom. The van der Waals surface area contributed by atoms with Crippen LogP contribution in [0.15, 0.2) is 48.7 Å². The molecule has 1 aromatic carbocycles. The van der Waals surface area contributed by atoms with E-state index in [0.717, 1.165) is 11.2 Å². The molecule has 0 aliphatic heterocycles. The van der Waals surface area contributed by atoms with Crippen molar-refractivity contribution in [1.82, 2.24) is 14.6 Å². The number of pyridine rings is 1. The first-order valence-electron chi connectivity index (χ1n) is 5.36. The SMILES string of the molecule is Fc1cccc(Cc2nc3ccccn3n2)c1. The summed E-state index contributed by atoms with van der Waals surface area (Å²) in [4.78, 5) is 4.37. The van der Waals surface area contributed by atoms with Gasteiger partial charge in [0.1, 0.15) is 5.82 Å². The first-order valence-corrected chi connectivity index (χ1v) is 5.36. The Balaban J connectivity index is 1.94. The number of hydrogen-bond acceptors (Lipinski definition) is 2. The summed E-state index contributed by atoms with van der Waals surface area (Å²) in [6, 6.07) is 12.2. The Morgan fingerprint density at radius 2 is 2.06 bits per heavy atom. The number of fused-ring (bicyclic) bond motifs is 1. The van der Waals surface area contributed by atoms with Gasteiger partial charge in [0.2, 0.25) is 0 Å². The number of rotatable bonds is 2. The topological polar surface area (TPSA) is 30.2 Å². The van der Waals surface area contributed by atoms with Gasteiger partial charge in [-0.15, -0.1) is 0 Å². The summed E-state index contributed by atoms with van der Waals surface area (Å²) >= 11 is 0. The van der Waals surface area contributed by atoms with E-state index in [9.17, 15) is 4.39 Å². The van der Waals surface area contributed by atoms with Crippen LogP contribution in [-0.2, 0) is 6.42 Å². The molecule has 17 heavy (non-hydrogen) atoms. The van der Waals surface area contributed by atoms with Crippen molar-refractivity contribution < 1.29 is 4.39 Å². The van der Waals surface area contributed by atoms with Crippen LogP contribution in [0.5, 0.6) is 0 Å². The van der Waals surface area contributed by atoms with E-state index in [1.54, 1.807) is 10.6 Å². The average molecular weight is 227 g/mol. The van der Waals surface area contributed by atoms with Crippen molar-refractivity contribution in [1.29, 1.82) is 0 Å². The number of hydrogen-bond donors (Lipinski definition) is 0. The molecule has 0 saturated heterocycles. The molecular weight excluding hydrogens is 217 g/mol. The fraction of sp³-hybridized carbons (Fsp3) is 0.0769. The highest BCUT2D eigenvalue weighted by atomic mass is 19.1. The van der Waals surface area contributed by atoms with E-state index < -0.39 is 0 Å². The molecule has 0 bridgehead atoms. The number of benzene rings is 1. The van der Waals surface area contributed by atoms with E-state index in [2.05, 4.69) is 10.1 Å². The summed E-state index contributed by atoms with van der Waals surface area (Å²) in [5, 5.41) is 4.32. The molecule has 0 radical (unpaired) electrons. The Morgan fingerprint density at radius 3 is 2.88 bits per heavy atom. The fourth-order valence-electron chi connectivity index (χ4n) is 1.78. The largest absolute Gasteiger partial charge is 0.221 e. The van der Waals surface area contributed by atoms with Gasteiger partial charge in [-0.2, -0.15) is 5.10 Å². The van der Waals surface area contributed by atoms with Gasteiger partial charge in [-0.3, -0.25) is 0 Å². The molecule has 0 amide bonds. The molecule has 0 fully saturated rings. The van der Waals surface area contributed by atoms with Gasteiger partial charge in [0.05, 0.1) is 0 Å². The summed E-state index contributed by atoms with van der Waals surface area (Å²) in [6.07, 6.45) is 2.39. The molecule has 4 heteroatoms. The maximum atomic E-state index is 13.0. The molecule has 0 saturated carbocycles. The second kappa shape index (κ2) is 3.97. The maximum Gasteiger partial charge on any atom is 0.156 e. The molecule has 3 aromatic rings. The Labute approximate surface area is 97.5 Å². The van der Waals surface area contributed by atoms with Crippen LogP contribution < -0.4 is 0 Å². The third-order valence-corrected chi connectivity index (χ3v) is 2.54. The molecular formula is C13H10FN3. The van der Waals surface area contributed by atoms with Crippen LogP contribution in [0.1, 0.15) is 11.4 Å². The zero-order valence-corrected chi connectivity index (χ0v) is 9.05. The Bertz CT molecular complexity index is 627. The molecule has 0 N–H and O–H groups in total. The second-order valence-electron chi connectivity index (χ2n) is 3.84. The van der Waals surface area contributed by atoms with E-state index in [1.807, 2.05) is 30.5 Å². The van der Waals surface area contributed by atoms with Crippen LogP contribution in [0.4, 0.5) is 4.39 Å². The maximum absolute atomic E-state index is 13.0. The van der Waals surface area contributed by atoms with E-state index in [0.29, 0.717) is 12.2 Å². The first kappa shape index (κ1) is 9.96. The quantitative estimate of drug-likeness (QED) is 0.673. The highest BCUT2D eigenvalue weighted by Crippen LogP contribution is 2.09. The smallest absolute Gasteiger partial charge is 0.156 e. The van der Waals surface area contributed by atoms with Crippen molar-refractivity contribution in [3.05, 3.63) is 65.9 Å². The van der Waals surface area contributed by atoms with Gasteiger partial charge in [-0.05, 0) is 29.8 Å². The summed E-state index contributed by atoms with van der Waals surface area (Å²) in [5.74, 6) is 0.466. The average Bonchev–Trinajstić information content (AvgIpc) is 2.71. The van der Waals surface area contributed by atoms with E-state index in [-0.39, 0.29) is 5.82 Å². The number of nitrogens with zero attached hydrogens (tertiary/aromatic N) is 3. The molecule has 3 nitrogen and oxygen atoms in total. The van der Waals surface area contributed by atoms with Crippen molar-refractivity contribution >= 4 is 5.65 Å². The third-order valence-electron chi connectivity index (χ3n) is 2.54. The van der Waals surface area contributed by atoms with Gasteiger partial charge in [0.15, 0.2) is 11.5 Å². The molecule has 0 aliphatic rings. The van der Waals surface area contributed by atoms with Crippen LogP contribution in [0.2, 0.25) is 0 Å². The van der Waals surface area contributed by atoms with Crippen LogP contribution >= 0.6 is 0 Å². The molecule has 3 rings (SSSR count). The minimum atomic E-state index is -0.230. The zero-order chi connectivity index (χ0) is 11.7. The highest BCUT2D eigenvalue weighted by molar-refractivity contribution is 5.37. The van der Waals surface area contributed by atoms with Crippen molar-refractivity contribution in [2.24, 2.45) is 0 Å². The van der Waals surface area contributed by atoms with E-state index >= 15 is 0 Å². The van der Waals surface area contributed by atoms with Crippen LogP contribution in [0, 0.1) is 5.82 Å². The number of halogens is 1. The fourth-order valence-corrected chi connectivity index (χ4v) is 1.78. The Hall–Kier alpha value is -2.23. The summed E-state index contributed by atoms with van der Waals surface area (Å²) in [5.41, 5.74) is 1.68. The zero-order valence-electron chi connectivity index (χ0n) is 9.05. The minimum Gasteiger partial charge on any atom is -0.221 e. The molecule has 84 valence electrons. The van der Waals surface area contributed by atoms with Gasteiger partial charge >= 0.3 is 0 Å². The summed E-state index contributed by atoms with van der Waals surface area (Å²) in [7, 11) is 0.